The standard InChI is InChI=1S/C14H30N2O2/c1-12-8-5-6-10-16(12)11-7-9-15-13(2)14(17-3)18-4/h12-15H,5-11H2,1-4H3. The molecule has 18 heavy (non-hydrogen) atoms. The van der Waals surface area contributed by atoms with Crippen LogP contribution in [0, 0.1) is 0 Å². The van der Waals surface area contributed by atoms with Crippen LogP contribution in [0.2, 0.25) is 0 Å². The third kappa shape index (κ3) is 5.22. The third-order valence-corrected chi connectivity index (χ3v) is 3.90. The van der Waals surface area contributed by atoms with E-state index in [0.717, 1.165) is 12.6 Å². The minimum absolute atomic E-state index is 0.154. The van der Waals surface area contributed by atoms with Gasteiger partial charge in [-0.2, -0.15) is 0 Å². The van der Waals surface area contributed by atoms with Crippen LogP contribution < -0.4 is 5.32 Å². The van der Waals surface area contributed by atoms with Crippen LogP contribution in [0.1, 0.15) is 39.5 Å². The van der Waals surface area contributed by atoms with E-state index >= 15 is 0 Å². The van der Waals surface area contributed by atoms with Gasteiger partial charge in [0.1, 0.15) is 0 Å². The highest BCUT2D eigenvalue weighted by molar-refractivity contribution is 4.73. The Morgan fingerprint density at radius 1 is 1.28 bits per heavy atom. The Kier molecular flexibility index (Phi) is 7.82. The van der Waals surface area contributed by atoms with Crippen LogP contribution in [0.3, 0.4) is 0 Å². The molecule has 1 N–H and O–H groups in total. The molecule has 0 radical (unpaired) electrons. The highest BCUT2D eigenvalue weighted by atomic mass is 16.7. The monoisotopic (exact) mass is 258 g/mol. The van der Waals surface area contributed by atoms with Gasteiger partial charge in [0.05, 0.1) is 6.04 Å². The van der Waals surface area contributed by atoms with Crippen LogP contribution in [0.15, 0.2) is 0 Å². The summed E-state index contributed by atoms with van der Waals surface area (Å²) in [7, 11) is 3.36. The summed E-state index contributed by atoms with van der Waals surface area (Å²) in [6, 6.07) is 1.00. The second kappa shape index (κ2) is 8.86. The molecule has 1 saturated heterocycles. The molecule has 1 heterocycles. The summed E-state index contributed by atoms with van der Waals surface area (Å²) in [5, 5.41) is 3.46. The van der Waals surface area contributed by atoms with Gasteiger partial charge >= 0.3 is 0 Å². The molecule has 0 saturated carbocycles. The maximum atomic E-state index is 5.23. The summed E-state index contributed by atoms with van der Waals surface area (Å²) in [6.45, 7) is 7.94. The topological polar surface area (TPSA) is 33.7 Å². The van der Waals surface area contributed by atoms with Gasteiger partial charge in [-0.1, -0.05) is 6.42 Å². The fourth-order valence-corrected chi connectivity index (χ4v) is 2.70. The minimum Gasteiger partial charge on any atom is -0.354 e. The number of hydrogen-bond donors (Lipinski definition) is 1. The second-order valence-electron chi connectivity index (χ2n) is 5.32. The van der Waals surface area contributed by atoms with Crippen molar-refractivity contribution in [3.63, 3.8) is 0 Å². The van der Waals surface area contributed by atoms with Gasteiger partial charge in [0.15, 0.2) is 6.29 Å². The Morgan fingerprint density at radius 2 is 2.00 bits per heavy atom. The average Bonchev–Trinajstić information content (AvgIpc) is 2.38. The molecule has 1 rings (SSSR count). The molecule has 1 fully saturated rings. The molecule has 0 amide bonds. The molecule has 108 valence electrons. The van der Waals surface area contributed by atoms with Gasteiger partial charge in [-0.25, -0.2) is 0 Å². The number of piperidine rings is 1. The van der Waals surface area contributed by atoms with Crippen LogP contribution in [0.5, 0.6) is 0 Å². The van der Waals surface area contributed by atoms with Crippen molar-refractivity contribution in [2.45, 2.75) is 57.9 Å². The first-order chi connectivity index (χ1) is 8.69. The first kappa shape index (κ1) is 15.9. The van der Waals surface area contributed by atoms with Gasteiger partial charge in [0.25, 0.3) is 0 Å². The van der Waals surface area contributed by atoms with Crippen molar-refractivity contribution in [2.75, 3.05) is 33.9 Å². The summed E-state index contributed by atoms with van der Waals surface area (Å²) in [4.78, 5) is 2.61. The SMILES string of the molecule is COC(OC)C(C)NCCCN1CCCCC1C. The first-order valence-corrected chi connectivity index (χ1v) is 7.22. The lowest BCUT2D eigenvalue weighted by Gasteiger charge is -2.33. The smallest absolute Gasteiger partial charge is 0.171 e. The van der Waals surface area contributed by atoms with Crippen molar-refractivity contribution in [1.82, 2.24) is 10.2 Å². The van der Waals surface area contributed by atoms with E-state index in [-0.39, 0.29) is 12.3 Å². The molecule has 4 nitrogen and oxygen atoms in total. The normalized spacial score (nSPS) is 23.5. The molecule has 1 aliphatic heterocycles. The lowest BCUT2D eigenvalue weighted by molar-refractivity contribution is -0.119. The van der Waals surface area contributed by atoms with E-state index in [1.165, 1.54) is 38.8 Å². The zero-order valence-corrected chi connectivity index (χ0v) is 12.4. The fourth-order valence-electron chi connectivity index (χ4n) is 2.70. The molecule has 4 heteroatoms. The molecular weight excluding hydrogens is 228 g/mol. The fraction of sp³-hybridized carbons (Fsp3) is 1.00. The van der Waals surface area contributed by atoms with Gasteiger partial charge in [0, 0.05) is 20.3 Å². The molecule has 2 atom stereocenters. The Labute approximate surface area is 112 Å². The Bertz CT molecular complexity index is 210. The van der Waals surface area contributed by atoms with Crippen molar-refractivity contribution < 1.29 is 9.47 Å². The Morgan fingerprint density at radius 3 is 2.61 bits per heavy atom. The maximum absolute atomic E-state index is 5.23. The zero-order valence-electron chi connectivity index (χ0n) is 12.4. The van der Waals surface area contributed by atoms with Crippen molar-refractivity contribution in [2.24, 2.45) is 0 Å². The van der Waals surface area contributed by atoms with Crippen LogP contribution in [-0.2, 0) is 9.47 Å². The van der Waals surface area contributed by atoms with E-state index in [2.05, 4.69) is 24.1 Å². The number of methoxy groups -OCH3 is 2. The van der Waals surface area contributed by atoms with Crippen LogP contribution >= 0.6 is 0 Å². The molecule has 0 aliphatic carbocycles. The first-order valence-electron chi connectivity index (χ1n) is 7.22. The average molecular weight is 258 g/mol. The number of ether oxygens (including phenoxy) is 2. The van der Waals surface area contributed by atoms with Gasteiger partial charge in [-0.05, 0) is 52.7 Å². The highest BCUT2D eigenvalue weighted by Gasteiger charge is 2.18. The molecule has 0 spiro atoms. The third-order valence-electron chi connectivity index (χ3n) is 3.90. The minimum atomic E-state index is -0.154. The second-order valence-corrected chi connectivity index (χ2v) is 5.32. The summed E-state index contributed by atoms with van der Waals surface area (Å²) < 4.78 is 10.5. The van der Waals surface area contributed by atoms with E-state index in [1.54, 1.807) is 14.2 Å². The number of hydrogen-bond acceptors (Lipinski definition) is 4. The molecule has 0 aromatic heterocycles. The zero-order chi connectivity index (χ0) is 13.4. The number of likely N-dealkylation sites (tertiary alicyclic amines) is 1. The number of nitrogens with one attached hydrogen (secondary N) is 1. The van der Waals surface area contributed by atoms with Crippen LogP contribution in [0.25, 0.3) is 0 Å². The lowest BCUT2D eigenvalue weighted by atomic mass is 10.0. The number of rotatable bonds is 8. The van der Waals surface area contributed by atoms with Crippen molar-refractivity contribution in [3.8, 4) is 0 Å². The van der Waals surface area contributed by atoms with Crippen molar-refractivity contribution in [3.05, 3.63) is 0 Å². The van der Waals surface area contributed by atoms with Crippen LogP contribution in [-0.4, -0.2) is 57.1 Å². The van der Waals surface area contributed by atoms with Gasteiger partial charge in [0.2, 0.25) is 0 Å². The molecule has 0 aromatic carbocycles. The molecule has 0 aromatic rings. The molecule has 0 bridgehead atoms. The Hall–Kier alpha value is -0.160. The highest BCUT2D eigenvalue weighted by Crippen LogP contribution is 2.16. The number of nitrogens with zero attached hydrogens (tertiary/aromatic N) is 1. The van der Waals surface area contributed by atoms with Gasteiger partial charge in [-0.15, -0.1) is 0 Å². The van der Waals surface area contributed by atoms with Crippen molar-refractivity contribution in [1.29, 1.82) is 0 Å². The molecule has 1 aliphatic rings. The van der Waals surface area contributed by atoms with E-state index in [9.17, 15) is 0 Å². The summed E-state index contributed by atoms with van der Waals surface area (Å²) in [6.07, 6.45) is 5.16. The largest absolute Gasteiger partial charge is 0.354 e. The predicted octanol–water partition coefficient (Wildman–Crippen LogP) is 1.85. The molecule has 2 unspecified atom stereocenters. The predicted molar refractivity (Wildman–Crippen MR) is 74.8 cm³/mol. The van der Waals surface area contributed by atoms with Gasteiger partial charge < -0.3 is 19.7 Å². The summed E-state index contributed by atoms with van der Waals surface area (Å²) in [5.41, 5.74) is 0. The quantitative estimate of drug-likeness (QED) is 0.532. The van der Waals surface area contributed by atoms with Crippen LogP contribution in [0.4, 0.5) is 0 Å². The summed E-state index contributed by atoms with van der Waals surface area (Å²) in [5.74, 6) is 0. The van der Waals surface area contributed by atoms with E-state index < -0.39 is 0 Å². The van der Waals surface area contributed by atoms with Gasteiger partial charge in [-0.3, -0.25) is 0 Å². The lowest BCUT2D eigenvalue weighted by Crippen LogP contribution is -2.42. The molecular formula is C14H30N2O2. The summed E-state index contributed by atoms with van der Waals surface area (Å²) >= 11 is 0. The maximum Gasteiger partial charge on any atom is 0.171 e. The van der Waals surface area contributed by atoms with E-state index in [1.807, 2.05) is 0 Å². The van der Waals surface area contributed by atoms with Crippen molar-refractivity contribution >= 4 is 0 Å². The van der Waals surface area contributed by atoms with E-state index in [0.29, 0.717) is 0 Å². The Balaban J connectivity index is 2.10. The van der Waals surface area contributed by atoms with E-state index in [4.69, 9.17) is 9.47 Å².